The number of carbonyl (C=O) groups is 2. The fourth-order valence-corrected chi connectivity index (χ4v) is 3.62. The minimum atomic E-state index is -0.552. The molecule has 6 heteroatoms. The van der Waals surface area contributed by atoms with Crippen LogP contribution < -0.4 is 14.4 Å². The molecule has 0 unspecified atom stereocenters. The number of piperazine rings is 1. The van der Waals surface area contributed by atoms with Crippen LogP contribution in [0, 0.1) is 0 Å². The van der Waals surface area contributed by atoms with Crippen LogP contribution in [0.4, 0.5) is 5.69 Å². The molecule has 31 heavy (non-hydrogen) atoms. The second-order valence-electron chi connectivity index (χ2n) is 7.30. The molecule has 3 aromatic carbocycles. The summed E-state index contributed by atoms with van der Waals surface area (Å²) in [4.78, 5) is 29.3. The predicted octanol–water partition coefficient (Wildman–Crippen LogP) is 4.37. The molecule has 1 atom stereocenters. The van der Waals surface area contributed by atoms with Crippen molar-refractivity contribution < 1.29 is 19.1 Å². The third-order valence-corrected chi connectivity index (χ3v) is 5.38. The van der Waals surface area contributed by atoms with Gasteiger partial charge in [-0.25, -0.2) is 0 Å². The summed E-state index contributed by atoms with van der Waals surface area (Å²) < 4.78 is 11.0. The van der Waals surface area contributed by atoms with Crippen molar-refractivity contribution in [1.29, 1.82) is 0 Å². The van der Waals surface area contributed by atoms with Gasteiger partial charge in [-0.3, -0.25) is 9.59 Å². The fraction of sp³-hybridized carbons (Fsp3) is 0.200. The van der Waals surface area contributed by atoms with Crippen molar-refractivity contribution in [1.82, 2.24) is 4.90 Å². The molecular weight excluding hydrogens is 392 g/mol. The van der Waals surface area contributed by atoms with Gasteiger partial charge in [-0.1, -0.05) is 18.2 Å². The molecule has 0 N–H and O–H groups in total. The number of carbonyl (C=O) groups excluding carboxylic acids is 2. The zero-order chi connectivity index (χ0) is 21.8. The van der Waals surface area contributed by atoms with E-state index in [1.807, 2.05) is 54.6 Å². The van der Waals surface area contributed by atoms with Crippen LogP contribution in [0.3, 0.4) is 0 Å². The van der Waals surface area contributed by atoms with E-state index in [1.54, 1.807) is 48.1 Å². The van der Waals surface area contributed by atoms with E-state index in [4.69, 9.17) is 9.47 Å². The van der Waals surface area contributed by atoms with E-state index in [1.165, 1.54) is 0 Å². The molecule has 1 heterocycles. The van der Waals surface area contributed by atoms with Gasteiger partial charge in [-0.15, -0.1) is 0 Å². The number of rotatable bonds is 5. The highest BCUT2D eigenvalue weighted by atomic mass is 16.5. The Morgan fingerprint density at radius 2 is 1.45 bits per heavy atom. The van der Waals surface area contributed by atoms with Gasteiger partial charge in [-0.05, 0) is 67.6 Å². The lowest BCUT2D eigenvalue weighted by molar-refractivity contribution is -0.124. The van der Waals surface area contributed by atoms with Crippen molar-refractivity contribution in [3.8, 4) is 17.2 Å². The topological polar surface area (TPSA) is 59.1 Å². The van der Waals surface area contributed by atoms with E-state index < -0.39 is 6.04 Å². The number of hydrogen-bond donors (Lipinski definition) is 0. The quantitative estimate of drug-likeness (QED) is 0.620. The summed E-state index contributed by atoms with van der Waals surface area (Å²) in [5.74, 6) is 1.87. The highest BCUT2D eigenvalue weighted by Gasteiger charge is 2.35. The van der Waals surface area contributed by atoms with Crippen molar-refractivity contribution >= 4 is 17.5 Å². The number of methoxy groups -OCH3 is 1. The Labute approximate surface area is 181 Å². The zero-order valence-electron chi connectivity index (χ0n) is 17.5. The number of anilines is 1. The summed E-state index contributed by atoms with van der Waals surface area (Å²) in [6, 6.07) is 23.3. The summed E-state index contributed by atoms with van der Waals surface area (Å²) in [5.41, 5.74) is 1.32. The second-order valence-corrected chi connectivity index (χ2v) is 7.30. The Bertz CT molecular complexity index is 1050. The fourth-order valence-electron chi connectivity index (χ4n) is 3.62. The Morgan fingerprint density at radius 3 is 2.10 bits per heavy atom. The van der Waals surface area contributed by atoms with Crippen LogP contribution in [0.15, 0.2) is 78.9 Å². The predicted molar refractivity (Wildman–Crippen MR) is 119 cm³/mol. The maximum Gasteiger partial charge on any atom is 0.254 e. The smallest absolute Gasteiger partial charge is 0.254 e. The molecule has 0 aliphatic carbocycles. The number of benzene rings is 3. The molecule has 6 nitrogen and oxygen atoms in total. The first-order valence-electron chi connectivity index (χ1n) is 10.2. The van der Waals surface area contributed by atoms with Crippen molar-refractivity contribution in [2.45, 2.75) is 13.0 Å². The minimum Gasteiger partial charge on any atom is -0.497 e. The molecule has 0 spiro atoms. The Balaban J connectivity index is 1.44. The van der Waals surface area contributed by atoms with Crippen molar-refractivity contribution in [2.24, 2.45) is 0 Å². The maximum atomic E-state index is 13.0. The first-order chi connectivity index (χ1) is 15.1. The molecule has 1 aliphatic rings. The molecule has 2 amide bonds. The van der Waals surface area contributed by atoms with E-state index in [2.05, 4.69) is 0 Å². The standard InChI is InChI=1S/C25H24N2O4/c1-18-24(28)27(17-16-26(18)25(29)19-8-12-21(30-2)13-9-19)20-10-14-23(15-11-20)31-22-6-4-3-5-7-22/h3-15,18H,16-17H2,1-2H3/t18-/m1/s1. The first kappa shape index (κ1) is 20.5. The van der Waals surface area contributed by atoms with Gasteiger partial charge in [0.1, 0.15) is 23.3 Å². The average Bonchev–Trinajstić information content (AvgIpc) is 2.82. The molecule has 1 aliphatic heterocycles. The number of ether oxygens (including phenoxy) is 2. The third-order valence-electron chi connectivity index (χ3n) is 5.38. The van der Waals surface area contributed by atoms with E-state index in [0.29, 0.717) is 30.2 Å². The molecule has 0 saturated carbocycles. The summed E-state index contributed by atoms with van der Waals surface area (Å²) in [6.07, 6.45) is 0. The lowest BCUT2D eigenvalue weighted by atomic mass is 10.1. The Morgan fingerprint density at radius 1 is 0.839 bits per heavy atom. The summed E-state index contributed by atoms with van der Waals surface area (Å²) in [6.45, 7) is 2.66. The molecule has 158 valence electrons. The normalized spacial score (nSPS) is 16.2. The average molecular weight is 416 g/mol. The maximum absolute atomic E-state index is 13.0. The molecule has 4 rings (SSSR count). The summed E-state index contributed by atoms with van der Waals surface area (Å²) in [7, 11) is 1.58. The van der Waals surface area contributed by atoms with Crippen LogP contribution >= 0.6 is 0 Å². The Hall–Kier alpha value is -3.80. The lowest BCUT2D eigenvalue weighted by Crippen LogP contribution is -2.57. The highest BCUT2D eigenvalue weighted by molar-refractivity contribution is 6.03. The SMILES string of the molecule is COc1ccc(C(=O)N2CCN(c3ccc(Oc4ccccc4)cc3)C(=O)[C@H]2C)cc1. The first-order valence-corrected chi connectivity index (χ1v) is 10.2. The number of amides is 2. The van der Waals surface area contributed by atoms with E-state index in [0.717, 1.165) is 11.4 Å². The van der Waals surface area contributed by atoms with E-state index >= 15 is 0 Å². The van der Waals surface area contributed by atoms with Gasteiger partial charge in [0.2, 0.25) is 5.91 Å². The van der Waals surface area contributed by atoms with Gasteiger partial charge < -0.3 is 19.3 Å². The van der Waals surface area contributed by atoms with Crippen LogP contribution in [-0.4, -0.2) is 43.0 Å². The van der Waals surface area contributed by atoms with E-state index in [-0.39, 0.29) is 11.8 Å². The van der Waals surface area contributed by atoms with Gasteiger partial charge in [0, 0.05) is 24.3 Å². The summed E-state index contributed by atoms with van der Waals surface area (Å²) >= 11 is 0. The van der Waals surface area contributed by atoms with Crippen LogP contribution in [0.1, 0.15) is 17.3 Å². The van der Waals surface area contributed by atoms with Gasteiger partial charge in [0.25, 0.3) is 5.91 Å². The molecule has 0 radical (unpaired) electrons. The molecule has 3 aromatic rings. The minimum absolute atomic E-state index is 0.107. The van der Waals surface area contributed by atoms with Crippen molar-refractivity contribution in [2.75, 3.05) is 25.1 Å². The van der Waals surface area contributed by atoms with Gasteiger partial charge in [-0.2, -0.15) is 0 Å². The molecular formula is C25H24N2O4. The molecule has 0 aromatic heterocycles. The monoisotopic (exact) mass is 416 g/mol. The highest BCUT2D eigenvalue weighted by Crippen LogP contribution is 2.27. The van der Waals surface area contributed by atoms with Crippen LogP contribution in [-0.2, 0) is 4.79 Å². The number of para-hydroxylation sites is 1. The molecule has 1 fully saturated rings. The van der Waals surface area contributed by atoms with Crippen molar-refractivity contribution in [3.63, 3.8) is 0 Å². The lowest BCUT2D eigenvalue weighted by Gasteiger charge is -2.39. The molecule has 1 saturated heterocycles. The Kier molecular flexibility index (Phi) is 5.89. The summed E-state index contributed by atoms with van der Waals surface area (Å²) in [5, 5.41) is 0. The second kappa shape index (κ2) is 8.92. The molecule has 0 bridgehead atoms. The largest absolute Gasteiger partial charge is 0.497 e. The van der Waals surface area contributed by atoms with Crippen molar-refractivity contribution in [3.05, 3.63) is 84.4 Å². The van der Waals surface area contributed by atoms with Crippen LogP contribution in [0.5, 0.6) is 17.2 Å². The van der Waals surface area contributed by atoms with Crippen LogP contribution in [0.2, 0.25) is 0 Å². The third kappa shape index (κ3) is 4.38. The van der Waals surface area contributed by atoms with Gasteiger partial charge >= 0.3 is 0 Å². The van der Waals surface area contributed by atoms with Gasteiger partial charge in [0.15, 0.2) is 0 Å². The van der Waals surface area contributed by atoms with Gasteiger partial charge in [0.05, 0.1) is 7.11 Å². The van der Waals surface area contributed by atoms with Crippen LogP contribution in [0.25, 0.3) is 0 Å². The van der Waals surface area contributed by atoms with E-state index in [9.17, 15) is 9.59 Å². The number of nitrogens with zero attached hydrogens (tertiary/aromatic N) is 2. The zero-order valence-corrected chi connectivity index (χ0v) is 17.5. The number of hydrogen-bond acceptors (Lipinski definition) is 4.